The minimum absolute atomic E-state index is 0.0220. The van der Waals surface area contributed by atoms with E-state index in [0.717, 1.165) is 0 Å². The molecule has 0 aliphatic rings. The van der Waals surface area contributed by atoms with Gasteiger partial charge in [-0.15, -0.1) is 35.8 Å². The Hall–Kier alpha value is -3.57. The largest absolute Gasteiger partial charge is 0.509 e. The molecule has 0 saturated heterocycles. The molecule has 4 N–H and O–H groups in total. The van der Waals surface area contributed by atoms with E-state index >= 15 is 0 Å². The lowest BCUT2D eigenvalue weighted by Gasteiger charge is -2.17. The number of anilines is 2. The maximum absolute atomic E-state index is 14.3. The number of rotatable bonds is 8. The smallest absolute Gasteiger partial charge is 0.423 e. The first kappa shape index (κ1) is 23.6. The van der Waals surface area contributed by atoms with Gasteiger partial charge < -0.3 is 20.9 Å². The fraction of sp³-hybridized carbons (Fsp3) is 0.174. The van der Waals surface area contributed by atoms with Crippen molar-refractivity contribution in [2.75, 3.05) is 11.5 Å². The molecule has 2 unspecified atom stereocenters. The summed E-state index contributed by atoms with van der Waals surface area (Å²) in [5.74, 6) is -1.26. The number of nitrogens with zero attached hydrogens (tertiary/aromatic N) is 2. The molecule has 0 aliphatic carbocycles. The zero-order valence-electron chi connectivity index (χ0n) is 17.8. The molecule has 2 aromatic carbocycles. The van der Waals surface area contributed by atoms with Gasteiger partial charge in [0.05, 0.1) is 20.8 Å². The molecular formula is C23H20F2N4O3S2. The molecule has 2 aromatic heterocycles. The molecule has 4 rings (SSSR count). The van der Waals surface area contributed by atoms with Gasteiger partial charge in [0.25, 0.3) is 0 Å². The number of hydrogen-bond donors (Lipinski definition) is 2. The summed E-state index contributed by atoms with van der Waals surface area (Å²) in [6.07, 6.45) is 0.873. The lowest BCUT2D eigenvalue weighted by atomic mass is 10.2. The highest BCUT2D eigenvalue weighted by atomic mass is 32.1. The molecule has 34 heavy (non-hydrogen) atoms. The van der Waals surface area contributed by atoms with Gasteiger partial charge in [-0.25, -0.2) is 23.5 Å². The predicted molar refractivity (Wildman–Crippen MR) is 131 cm³/mol. The molecule has 0 radical (unpaired) electrons. The van der Waals surface area contributed by atoms with E-state index in [2.05, 4.69) is 23.1 Å². The van der Waals surface area contributed by atoms with Crippen LogP contribution in [0.15, 0.2) is 49.6 Å². The number of carbonyl (C=O) groups is 1. The number of hydrogen-bond acceptors (Lipinski definition) is 9. The van der Waals surface area contributed by atoms with Gasteiger partial charge >= 0.3 is 6.16 Å². The molecule has 4 aromatic rings. The van der Waals surface area contributed by atoms with E-state index < -0.39 is 30.0 Å². The van der Waals surface area contributed by atoms with E-state index in [1.165, 1.54) is 34.8 Å². The highest BCUT2D eigenvalue weighted by Gasteiger charge is 2.26. The molecule has 176 valence electrons. The SMILES string of the molecule is C=CCC(OC(=O)OC(CC=C)c1nc2c(F)c(N)ccc2s1)c1nc2c(F)c(N)ccc2s1. The number of carbonyl (C=O) groups excluding carboxylic acids is 1. The summed E-state index contributed by atoms with van der Waals surface area (Å²) < 4.78 is 40.8. The molecule has 0 amide bonds. The number of nitrogen functional groups attached to an aromatic ring is 2. The van der Waals surface area contributed by atoms with E-state index in [0.29, 0.717) is 19.4 Å². The number of fused-ring (bicyclic) bond motifs is 2. The van der Waals surface area contributed by atoms with Gasteiger partial charge in [-0.3, -0.25) is 0 Å². The third-order valence-electron chi connectivity index (χ3n) is 4.88. The second kappa shape index (κ2) is 9.74. The van der Waals surface area contributed by atoms with Crippen LogP contribution in [0.3, 0.4) is 0 Å². The molecule has 7 nitrogen and oxygen atoms in total. The van der Waals surface area contributed by atoms with Crippen molar-refractivity contribution >= 4 is 60.6 Å². The zero-order valence-corrected chi connectivity index (χ0v) is 19.4. The minimum Gasteiger partial charge on any atom is -0.423 e. The fourth-order valence-corrected chi connectivity index (χ4v) is 5.24. The summed E-state index contributed by atoms with van der Waals surface area (Å²) in [6, 6.07) is 6.20. The second-order valence-electron chi connectivity index (χ2n) is 7.25. The molecule has 2 heterocycles. The Morgan fingerprint density at radius 2 is 1.29 bits per heavy atom. The first-order chi connectivity index (χ1) is 16.3. The summed E-state index contributed by atoms with van der Waals surface area (Å²) in [5, 5.41) is 0.739. The average Bonchev–Trinajstić information content (AvgIpc) is 3.44. The molecule has 0 spiro atoms. The third kappa shape index (κ3) is 4.57. The van der Waals surface area contributed by atoms with Crippen molar-refractivity contribution in [2.24, 2.45) is 0 Å². The lowest BCUT2D eigenvalue weighted by molar-refractivity contribution is -0.00177. The van der Waals surface area contributed by atoms with Crippen LogP contribution in [0.1, 0.15) is 35.1 Å². The van der Waals surface area contributed by atoms with Crippen molar-refractivity contribution < 1.29 is 23.0 Å². The standard InChI is InChI=1S/C23H20F2N4O3S2/c1-3-5-13(21-28-19-15(33-21)9-7-11(26)17(19)24)31-23(30)32-14(6-4-2)22-29-20-16(34-22)10-8-12(27)18(20)25/h3-4,7-10,13-14H,1-2,5-6,26-27H2. The van der Waals surface area contributed by atoms with Crippen molar-refractivity contribution in [3.63, 3.8) is 0 Å². The summed E-state index contributed by atoms with van der Waals surface area (Å²) >= 11 is 2.35. The van der Waals surface area contributed by atoms with Crippen LogP contribution in [0.4, 0.5) is 25.0 Å². The molecular weight excluding hydrogens is 482 g/mol. The minimum atomic E-state index is -0.989. The molecule has 0 bridgehead atoms. The van der Waals surface area contributed by atoms with Crippen LogP contribution in [-0.2, 0) is 9.47 Å². The number of ether oxygens (including phenoxy) is 2. The van der Waals surface area contributed by atoms with Gasteiger partial charge in [-0.05, 0) is 24.3 Å². The van der Waals surface area contributed by atoms with E-state index in [1.807, 2.05) is 0 Å². The van der Waals surface area contributed by atoms with E-state index in [1.54, 1.807) is 24.3 Å². The first-order valence-corrected chi connectivity index (χ1v) is 11.7. The topological polar surface area (TPSA) is 113 Å². The van der Waals surface area contributed by atoms with Crippen molar-refractivity contribution in [1.29, 1.82) is 0 Å². The van der Waals surface area contributed by atoms with Crippen LogP contribution < -0.4 is 11.5 Å². The molecule has 0 fully saturated rings. The molecule has 11 heteroatoms. The number of halogens is 2. The highest BCUT2D eigenvalue weighted by Crippen LogP contribution is 2.36. The van der Waals surface area contributed by atoms with Gasteiger partial charge in [0.2, 0.25) is 0 Å². The van der Waals surface area contributed by atoms with Crippen molar-refractivity contribution in [1.82, 2.24) is 9.97 Å². The Morgan fingerprint density at radius 3 is 1.68 bits per heavy atom. The quantitative estimate of drug-likeness (QED) is 0.162. The van der Waals surface area contributed by atoms with Crippen molar-refractivity contribution in [3.8, 4) is 0 Å². The Labute approximate surface area is 201 Å². The second-order valence-corrected chi connectivity index (χ2v) is 9.37. The van der Waals surface area contributed by atoms with E-state index in [9.17, 15) is 13.6 Å². The third-order valence-corrected chi connectivity index (χ3v) is 7.11. The monoisotopic (exact) mass is 502 g/mol. The van der Waals surface area contributed by atoms with Gasteiger partial charge in [0.1, 0.15) is 21.0 Å². The van der Waals surface area contributed by atoms with Crippen LogP contribution in [0, 0.1) is 11.6 Å². The van der Waals surface area contributed by atoms with Crippen LogP contribution in [0.5, 0.6) is 0 Å². The van der Waals surface area contributed by atoms with E-state index in [-0.39, 0.29) is 35.2 Å². The summed E-state index contributed by atoms with van der Waals surface area (Å²) in [7, 11) is 0. The Kier molecular flexibility index (Phi) is 6.75. The highest BCUT2D eigenvalue weighted by molar-refractivity contribution is 7.19. The number of thiazole rings is 2. The predicted octanol–water partition coefficient (Wildman–Crippen LogP) is 6.44. The normalized spacial score (nSPS) is 13.0. The van der Waals surface area contributed by atoms with Crippen LogP contribution in [0.25, 0.3) is 20.4 Å². The van der Waals surface area contributed by atoms with Gasteiger partial charge in [0, 0.05) is 12.8 Å². The van der Waals surface area contributed by atoms with Gasteiger partial charge in [0.15, 0.2) is 23.8 Å². The number of benzene rings is 2. The number of nitrogens with two attached hydrogens (primary N) is 2. The summed E-state index contributed by atoms with van der Waals surface area (Å²) in [5.41, 5.74) is 11.4. The maximum atomic E-state index is 14.3. The first-order valence-electron chi connectivity index (χ1n) is 10.1. The molecule has 0 saturated carbocycles. The van der Waals surface area contributed by atoms with Crippen molar-refractivity contribution in [2.45, 2.75) is 25.0 Å². The van der Waals surface area contributed by atoms with Crippen LogP contribution in [0.2, 0.25) is 0 Å². The van der Waals surface area contributed by atoms with Gasteiger partial charge in [-0.1, -0.05) is 12.2 Å². The average molecular weight is 503 g/mol. The Bertz CT molecular complexity index is 1300. The number of aromatic nitrogens is 2. The van der Waals surface area contributed by atoms with Crippen molar-refractivity contribution in [3.05, 3.63) is 71.2 Å². The lowest BCUT2D eigenvalue weighted by Crippen LogP contribution is -2.16. The molecule has 2 atom stereocenters. The Morgan fingerprint density at radius 1 is 0.882 bits per heavy atom. The summed E-state index contributed by atoms with van der Waals surface area (Å²) in [6.45, 7) is 7.36. The van der Waals surface area contributed by atoms with Gasteiger partial charge in [-0.2, -0.15) is 0 Å². The van der Waals surface area contributed by atoms with Crippen LogP contribution in [-0.4, -0.2) is 16.1 Å². The maximum Gasteiger partial charge on any atom is 0.509 e. The fourth-order valence-electron chi connectivity index (χ4n) is 3.23. The molecule has 0 aliphatic heterocycles. The Balaban J connectivity index is 1.56. The van der Waals surface area contributed by atoms with Crippen LogP contribution >= 0.6 is 22.7 Å². The zero-order chi connectivity index (χ0) is 24.4. The summed E-state index contributed by atoms with van der Waals surface area (Å²) in [4.78, 5) is 21.2. The van der Waals surface area contributed by atoms with E-state index in [4.69, 9.17) is 20.9 Å².